The molecule has 0 saturated carbocycles. The zero-order chi connectivity index (χ0) is 15.2. The van der Waals surface area contributed by atoms with Gasteiger partial charge in [-0.05, 0) is 24.5 Å². The highest BCUT2D eigenvalue weighted by Crippen LogP contribution is 2.20. The van der Waals surface area contributed by atoms with Gasteiger partial charge in [-0.1, -0.05) is 6.92 Å². The van der Waals surface area contributed by atoms with Crippen LogP contribution in [0.15, 0.2) is 16.3 Å². The number of rotatable bonds is 8. The summed E-state index contributed by atoms with van der Waals surface area (Å²) in [6.07, 6.45) is 1.01. The Balaban J connectivity index is 2.34. The Morgan fingerprint density at radius 2 is 2.20 bits per heavy atom. The number of sulfonamides is 1. The SMILES string of the molecule is COCC(C)CC(=O)NCCc1ccc(S(N)(=O)=O)s1. The van der Waals surface area contributed by atoms with Gasteiger partial charge in [0, 0.05) is 31.6 Å². The third kappa shape index (κ3) is 6.00. The van der Waals surface area contributed by atoms with Crippen LogP contribution < -0.4 is 10.5 Å². The number of carbonyl (C=O) groups excluding carboxylic acids is 1. The Kier molecular flexibility index (Phi) is 6.60. The van der Waals surface area contributed by atoms with E-state index in [0.29, 0.717) is 26.0 Å². The molecule has 1 atom stereocenters. The van der Waals surface area contributed by atoms with Crippen LogP contribution in [0.4, 0.5) is 0 Å². The number of hydrogen-bond donors (Lipinski definition) is 2. The molecule has 1 heterocycles. The first-order valence-corrected chi connectivity index (χ1v) is 8.56. The molecule has 0 bridgehead atoms. The summed E-state index contributed by atoms with van der Waals surface area (Å²) in [5.41, 5.74) is 0. The Labute approximate surface area is 123 Å². The topological polar surface area (TPSA) is 98.5 Å². The van der Waals surface area contributed by atoms with Crippen molar-refractivity contribution in [2.24, 2.45) is 11.1 Å². The lowest BCUT2D eigenvalue weighted by Gasteiger charge is -2.10. The second-order valence-electron chi connectivity index (χ2n) is 4.63. The van der Waals surface area contributed by atoms with Gasteiger partial charge in [0.25, 0.3) is 0 Å². The van der Waals surface area contributed by atoms with E-state index >= 15 is 0 Å². The summed E-state index contributed by atoms with van der Waals surface area (Å²) in [5.74, 6) is 0.147. The Morgan fingerprint density at radius 3 is 2.75 bits per heavy atom. The molecule has 0 aliphatic carbocycles. The summed E-state index contributed by atoms with van der Waals surface area (Å²) in [6.45, 7) is 2.97. The van der Waals surface area contributed by atoms with Gasteiger partial charge in [0.05, 0.1) is 0 Å². The van der Waals surface area contributed by atoms with Crippen molar-refractivity contribution in [2.75, 3.05) is 20.3 Å². The fourth-order valence-corrected chi connectivity index (χ4v) is 3.48. The summed E-state index contributed by atoms with van der Waals surface area (Å²) < 4.78 is 27.3. The van der Waals surface area contributed by atoms with Crippen molar-refractivity contribution in [3.8, 4) is 0 Å². The van der Waals surface area contributed by atoms with Gasteiger partial charge >= 0.3 is 0 Å². The van der Waals surface area contributed by atoms with Gasteiger partial charge in [-0.15, -0.1) is 11.3 Å². The first kappa shape index (κ1) is 17.1. The van der Waals surface area contributed by atoms with Crippen LogP contribution >= 0.6 is 11.3 Å². The van der Waals surface area contributed by atoms with Gasteiger partial charge in [0.2, 0.25) is 15.9 Å². The van der Waals surface area contributed by atoms with Crippen molar-refractivity contribution in [3.05, 3.63) is 17.0 Å². The number of thiophene rings is 1. The molecule has 0 spiro atoms. The number of nitrogens with one attached hydrogen (secondary N) is 1. The predicted octanol–water partition coefficient (Wildman–Crippen LogP) is 0.727. The van der Waals surface area contributed by atoms with Gasteiger partial charge in [0.15, 0.2) is 0 Å². The van der Waals surface area contributed by atoms with E-state index in [0.717, 1.165) is 16.2 Å². The molecule has 6 nitrogen and oxygen atoms in total. The van der Waals surface area contributed by atoms with Crippen molar-refractivity contribution < 1.29 is 17.9 Å². The van der Waals surface area contributed by atoms with E-state index in [1.54, 1.807) is 13.2 Å². The largest absolute Gasteiger partial charge is 0.384 e. The summed E-state index contributed by atoms with van der Waals surface area (Å²) in [6, 6.07) is 3.20. The number of ether oxygens (including phenoxy) is 1. The molecule has 1 rings (SSSR count). The highest BCUT2D eigenvalue weighted by Gasteiger charge is 2.12. The maximum absolute atomic E-state index is 11.6. The minimum absolute atomic E-state index is 0.0298. The zero-order valence-electron chi connectivity index (χ0n) is 11.6. The van der Waals surface area contributed by atoms with E-state index in [9.17, 15) is 13.2 Å². The maximum atomic E-state index is 11.6. The van der Waals surface area contributed by atoms with Crippen LogP contribution in [0.25, 0.3) is 0 Å². The van der Waals surface area contributed by atoms with E-state index in [1.807, 2.05) is 6.92 Å². The quantitative estimate of drug-likeness (QED) is 0.737. The van der Waals surface area contributed by atoms with Crippen molar-refractivity contribution >= 4 is 27.3 Å². The fourth-order valence-electron chi connectivity index (χ4n) is 1.70. The summed E-state index contributed by atoms with van der Waals surface area (Å²) in [4.78, 5) is 12.5. The van der Waals surface area contributed by atoms with Crippen LogP contribution in [0.1, 0.15) is 18.2 Å². The van der Waals surface area contributed by atoms with Gasteiger partial charge in [-0.3, -0.25) is 4.79 Å². The number of methoxy groups -OCH3 is 1. The second-order valence-corrected chi connectivity index (χ2v) is 7.59. The van der Waals surface area contributed by atoms with Crippen LogP contribution in [0, 0.1) is 5.92 Å². The average molecular weight is 320 g/mol. The Hall–Kier alpha value is -0.960. The lowest BCUT2D eigenvalue weighted by Crippen LogP contribution is -2.27. The highest BCUT2D eigenvalue weighted by molar-refractivity contribution is 7.91. The normalized spacial score (nSPS) is 13.2. The molecule has 0 fully saturated rings. The molecule has 8 heteroatoms. The smallest absolute Gasteiger partial charge is 0.247 e. The van der Waals surface area contributed by atoms with E-state index in [4.69, 9.17) is 9.88 Å². The van der Waals surface area contributed by atoms with Crippen LogP contribution in [-0.4, -0.2) is 34.6 Å². The molecule has 1 unspecified atom stereocenters. The Bertz CT molecular complexity index is 539. The third-order valence-electron chi connectivity index (χ3n) is 2.60. The standard InChI is InChI=1S/C12H20N2O4S2/c1-9(8-18-2)7-11(15)14-6-5-10-3-4-12(19-10)20(13,16)17/h3-4,9H,5-8H2,1-2H3,(H,14,15)(H2,13,16,17). The molecule has 0 aliphatic heterocycles. The number of carbonyl (C=O) groups is 1. The van der Waals surface area contributed by atoms with Gasteiger partial charge < -0.3 is 10.1 Å². The van der Waals surface area contributed by atoms with Crippen LogP contribution in [0.3, 0.4) is 0 Å². The molecule has 0 radical (unpaired) electrons. The molecule has 0 aliphatic rings. The molecule has 1 aromatic heterocycles. The average Bonchev–Trinajstić information content (AvgIpc) is 2.77. The van der Waals surface area contributed by atoms with Gasteiger partial charge in [-0.2, -0.15) is 0 Å². The first-order valence-electron chi connectivity index (χ1n) is 6.20. The predicted molar refractivity (Wildman–Crippen MR) is 78.1 cm³/mol. The summed E-state index contributed by atoms with van der Waals surface area (Å²) in [5, 5.41) is 7.83. The number of amides is 1. The molecule has 20 heavy (non-hydrogen) atoms. The summed E-state index contributed by atoms with van der Waals surface area (Å²) >= 11 is 1.13. The maximum Gasteiger partial charge on any atom is 0.247 e. The van der Waals surface area contributed by atoms with Gasteiger partial charge in [-0.25, -0.2) is 13.6 Å². The summed E-state index contributed by atoms with van der Waals surface area (Å²) in [7, 11) is -2.02. The molecule has 0 saturated heterocycles. The lowest BCUT2D eigenvalue weighted by atomic mass is 10.1. The van der Waals surface area contributed by atoms with Crippen molar-refractivity contribution in [2.45, 2.75) is 24.0 Å². The molecule has 114 valence electrons. The molecule has 1 aromatic rings. The van der Waals surface area contributed by atoms with E-state index < -0.39 is 10.0 Å². The molecular weight excluding hydrogens is 300 g/mol. The van der Waals surface area contributed by atoms with Crippen LogP contribution in [-0.2, 0) is 26.0 Å². The van der Waals surface area contributed by atoms with Crippen LogP contribution in [0.5, 0.6) is 0 Å². The monoisotopic (exact) mass is 320 g/mol. The third-order valence-corrected chi connectivity index (χ3v) is 5.18. The number of hydrogen-bond acceptors (Lipinski definition) is 5. The first-order chi connectivity index (χ1) is 9.32. The molecular formula is C12H20N2O4S2. The van der Waals surface area contributed by atoms with E-state index in [-0.39, 0.29) is 16.0 Å². The highest BCUT2D eigenvalue weighted by atomic mass is 32.2. The Morgan fingerprint density at radius 1 is 1.50 bits per heavy atom. The van der Waals surface area contributed by atoms with Crippen molar-refractivity contribution in [3.63, 3.8) is 0 Å². The number of primary sulfonamides is 1. The van der Waals surface area contributed by atoms with Crippen molar-refractivity contribution in [1.82, 2.24) is 5.32 Å². The lowest BCUT2D eigenvalue weighted by molar-refractivity contribution is -0.122. The minimum atomic E-state index is -3.63. The second kappa shape index (κ2) is 7.72. The minimum Gasteiger partial charge on any atom is -0.384 e. The number of nitrogens with two attached hydrogens (primary N) is 1. The van der Waals surface area contributed by atoms with E-state index in [2.05, 4.69) is 5.32 Å². The molecule has 0 aromatic carbocycles. The van der Waals surface area contributed by atoms with Crippen LogP contribution in [0.2, 0.25) is 0 Å². The van der Waals surface area contributed by atoms with E-state index in [1.165, 1.54) is 6.07 Å². The van der Waals surface area contributed by atoms with Crippen molar-refractivity contribution in [1.29, 1.82) is 0 Å². The van der Waals surface area contributed by atoms with Gasteiger partial charge in [0.1, 0.15) is 4.21 Å². The fraction of sp³-hybridized carbons (Fsp3) is 0.583. The molecule has 3 N–H and O–H groups in total. The zero-order valence-corrected chi connectivity index (χ0v) is 13.2. The molecule has 1 amide bonds.